The van der Waals surface area contributed by atoms with Crippen LogP contribution in [-0.2, 0) is 14.8 Å². The van der Waals surface area contributed by atoms with E-state index in [0.717, 1.165) is 11.4 Å². The molecule has 8 heteroatoms. The zero-order chi connectivity index (χ0) is 20.9. The summed E-state index contributed by atoms with van der Waals surface area (Å²) < 4.78 is 33.0. The third-order valence-electron chi connectivity index (χ3n) is 4.01. The van der Waals surface area contributed by atoms with Crippen LogP contribution in [0.1, 0.15) is 6.92 Å². The van der Waals surface area contributed by atoms with E-state index in [9.17, 15) is 13.2 Å². The molecule has 3 aromatic rings. The number of rotatable bonds is 7. The zero-order valence-corrected chi connectivity index (χ0v) is 16.8. The highest BCUT2D eigenvalue weighted by molar-refractivity contribution is 7.92. The highest BCUT2D eigenvalue weighted by atomic mass is 32.2. The molecule has 0 spiro atoms. The van der Waals surface area contributed by atoms with Crippen molar-refractivity contribution >= 4 is 38.7 Å². The molecule has 0 aliphatic rings. The number of sulfonamides is 1. The summed E-state index contributed by atoms with van der Waals surface area (Å²) in [6.45, 7) is 1.39. The Balaban J connectivity index is 1.70. The van der Waals surface area contributed by atoms with E-state index in [1.807, 2.05) is 24.3 Å². The number of methoxy groups -OCH3 is 1. The lowest BCUT2D eigenvalue weighted by atomic mass is 10.2. The largest absolute Gasteiger partial charge is 0.495 e. The molecule has 0 aromatic heterocycles. The molecule has 3 aromatic carbocycles. The lowest BCUT2D eigenvalue weighted by Gasteiger charge is -2.12. The van der Waals surface area contributed by atoms with Crippen molar-refractivity contribution in [1.82, 2.24) is 0 Å². The molecule has 150 valence electrons. The third-order valence-corrected chi connectivity index (χ3v) is 5.41. The fourth-order valence-corrected chi connectivity index (χ4v) is 3.72. The molecule has 29 heavy (non-hydrogen) atoms. The molecule has 0 heterocycles. The average Bonchev–Trinajstić information content (AvgIpc) is 2.69. The minimum Gasteiger partial charge on any atom is -0.495 e. The van der Waals surface area contributed by atoms with Crippen LogP contribution in [0.4, 0.5) is 22.7 Å². The van der Waals surface area contributed by atoms with Crippen LogP contribution >= 0.6 is 0 Å². The molecular weight excluding hydrogens is 390 g/mol. The predicted molar refractivity (Wildman–Crippen MR) is 114 cm³/mol. The second-order valence-electron chi connectivity index (χ2n) is 6.21. The van der Waals surface area contributed by atoms with Crippen molar-refractivity contribution in [3.63, 3.8) is 0 Å². The van der Waals surface area contributed by atoms with Crippen molar-refractivity contribution in [2.24, 2.45) is 0 Å². The van der Waals surface area contributed by atoms with Crippen molar-refractivity contribution in [3.8, 4) is 5.75 Å². The summed E-state index contributed by atoms with van der Waals surface area (Å²) in [6, 6.07) is 20.3. The maximum atomic E-state index is 12.6. The summed E-state index contributed by atoms with van der Waals surface area (Å²) in [5, 5.41) is 5.83. The topological polar surface area (TPSA) is 96.5 Å². The van der Waals surface area contributed by atoms with Gasteiger partial charge in [-0.3, -0.25) is 9.52 Å². The zero-order valence-electron chi connectivity index (χ0n) is 16.0. The molecule has 0 fully saturated rings. The molecule has 0 aliphatic carbocycles. The van der Waals surface area contributed by atoms with Crippen LogP contribution < -0.4 is 20.1 Å². The molecule has 0 radical (unpaired) electrons. The minimum atomic E-state index is -3.74. The van der Waals surface area contributed by atoms with Gasteiger partial charge in [-0.1, -0.05) is 12.1 Å². The van der Waals surface area contributed by atoms with Gasteiger partial charge in [0.2, 0.25) is 5.91 Å². The second kappa shape index (κ2) is 8.66. The number of hydrogen-bond donors (Lipinski definition) is 3. The number of amides is 1. The summed E-state index contributed by atoms with van der Waals surface area (Å²) in [5.74, 6) is 0.487. The first kappa shape index (κ1) is 20.2. The Morgan fingerprint density at radius 2 is 1.41 bits per heavy atom. The van der Waals surface area contributed by atoms with E-state index in [0.29, 0.717) is 17.1 Å². The molecule has 0 aliphatic heterocycles. The number of ether oxygens (including phenoxy) is 1. The van der Waals surface area contributed by atoms with Crippen LogP contribution in [0.2, 0.25) is 0 Å². The first-order valence-electron chi connectivity index (χ1n) is 8.78. The summed E-state index contributed by atoms with van der Waals surface area (Å²) in [6.07, 6.45) is 0. The van der Waals surface area contributed by atoms with Gasteiger partial charge in [0.05, 0.1) is 17.7 Å². The van der Waals surface area contributed by atoms with Crippen LogP contribution in [-0.4, -0.2) is 21.4 Å². The molecule has 0 atom stereocenters. The van der Waals surface area contributed by atoms with Gasteiger partial charge in [0.1, 0.15) is 5.75 Å². The Kier molecular flexibility index (Phi) is 6.04. The molecule has 0 bridgehead atoms. The van der Waals surface area contributed by atoms with Crippen molar-refractivity contribution in [3.05, 3.63) is 72.8 Å². The summed E-state index contributed by atoms with van der Waals surface area (Å²) in [7, 11) is -2.15. The highest BCUT2D eigenvalue weighted by Crippen LogP contribution is 2.28. The molecule has 3 N–H and O–H groups in total. The highest BCUT2D eigenvalue weighted by Gasteiger charge is 2.14. The lowest BCUT2D eigenvalue weighted by Crippen LogP contribution is -2.13. The van der Waals surface area contributed by atoms with Crippen LogP contribution in [0, 0.1) is 0 Å². The number of carbonyl (C=O) groups excluding carboxylic acids is 1. The monoisotopic (exact) mass is 411 g/mol. The summed E-state index contributed by atoms with van der Waals surface area (Å²) in [4.78, 5) is 11.2. The van der Waals surface area contributed by atoms with E-state index < -0.39 is 10.0 Å². The van der Waals surface area contributed by atoms with E-state index in [1.165, 1.54) is 31.2 Å². The molecule has 0 saturated heterocycles. The van der Waals surface area contributed by atoms with Crippen molar-refractivity contribution in [1.29, 1.82) is 0 Å². The van der Waals surface area contributed by atoms with Crippen LogP contribution in [0.3, 0.4) is 0 Å². The predicted octanol–water partition coefficient (Wildman–Crippen LogP) is 4.20. The SMILES string of the molecule is COc1ccccc1Nc1ccc(NS(=O)(=O)c2ccc(NC(C)=O)cc2)cc1. The standard InChI is InChI=1S/C21H21N3O4S/c1-15(25)22-16-11-13-19(14-12-16)29(26,27)24-18-9-7-17(8-10-18)23-20-5-3-4-6-21(20)28-2/h3-14,23-24H,1-2H3,(H,22,25). The smallest absolute Gasteiger partial charge is 0.261 e. The Labute approximate surface area is 169 Å². The van der Waals surface area contributed by atoms with Gasteiger partial charge in [-0.25, -0.2) is 8.42 Å². The number of nitrogens with one attached hydrogen (secondary N) is 3. The molecule has 7 nitrogen and oxygen atoms in total. The fourth-order valence-electron chi connectivity index (χ4n) is 2.66. The Hall–Kier alpha value is -3.52. The van der Waals surface area contributed by atoms with E-state index in [4.69, 9.17) is 4.74 Å². The number of hydrogen-bond acceptors (Lipinski definition) is 5. The van der Waals surface area contributed by atoms with E-state index >= 15 is 0 Å². The van der Waals surface area contributed by atoms with Gasteiger partial charge in [-0.2, -0.15) is 0 Å². The quantitative estimate of drug-likeness (QED) is 0.541. The summed E-state index contributed by atoms with van der Waals surface area (Å²) in [5.41, 5.74) is 2.56. The van der Waals surface area contributed by atoms with Gasteiger partial charge in [0, 0.05) is 24.0 Å². The van der Waals surface area contributed by atoms with Crippen molar-refractivity contribution in [2.75, 3.05) is 22.5 Å². The summed E-state index contributed by atoms with van der Waals surface area (Å²) >= 11 is 0. The first-order valence-corrected chi connectivity index (χ1v) is 10.3. The number of carbonyl (C=O) groups is 1. The van der Waals surface area contributed by atoms with Crippen LogP contribution in [0.25, 0.3) is 0 Å². The van der Waals surface area contributed by atoms with E-state index in [1.54, 1.807) is 31.4 Å². The van der Waals surface area contributed by atoms with E-state index in [-0.39, 0.29) is 10.8 Å². The van der Waals surface area contributed by atoms with Gasteiger partial charge in [-0.15, -0.1) is 0 Å². The fraction of sp³-hybridized carbons (Fsp3) is 0.0952. The van der Waals surface area contributed by atoms with Crippen molar-refractivity contribution in [2.45, 2.75) is 11.8 Å². The first-order chi connectivity index (χ1) is 13.9. The number of anilines is 4. The molecule has 0 unspecified atom stereocenters. The number of para-hydroxylation sites is 2. The molecule has 3 rings (SSSR count). The lowest BCUT2D eigenvalue weighted by molar-refractivity contribution is -0.114. The Morgan fingerprint density at radius 3 is 2.03 bits per heavy atom. The molecular formula is C21H21N3O4S. The van der Waals surface area contributed by atoms with Gasteiger partial charge < -0.3 is 15.4 Å². The van der Waals surface area contributed by atoms with Crippen molar-refractivity contribution < 1.29 is 17.9 Å². The Bertz CT molecular complexity index is 1100. The van der Waals surface area contributed by atoms with Crippen LogP contribution in [0.15, 0.2) is 77.7 Å². The van der Waals surface area contributed by atoms with Crippen LogP contribution in [0.5, 0.6) is 5.75 Å². The van der Waals surface area contributed by atoms with Gasteiger partial charge in [0.25, 0.3) is 10.0 Å². The second-order valence-corrected chi connectivity index (χ2v) is 7.90. The maximum absolute atomic E-state index is 12.6. The molecule has 0 saturated carbocycles. The van der Waals surface area contributed by atoms with Gasteiger partial charge in [0.15, 0.2) is 0 Å². The Morgan fingerprint density at radius 1 is 0.828 bits per heavy atom. The normalized spacial score (nSPS) is 10.8. The number of benzene rings is 3. The van der Waals surface area contributed by atoms with Gasteiger partial charge >= 0.3 is 0 Å². The minimum absolute atomic E-state index is 0.0998. The third kappa shape index (κ3) is 5.26. The molecule has 1 amide bonds. The van der Waals surface area contributed by atoms with Gasteiger partial charge in [-0.05, 0) is 60.7 Å². The average molecular weight is 411 g/mol. The van der Waals surface area contributed by atoms with E-state index in [2.05, 4.69) is 15.4 Å². The maximum Gasteiger partial charge on any atom is 0.261 e.